The maximum Gasteiger partial charge on any atom is 0.168 e. The molecule has 0 heterocycles. The van der Waals surface area contributed by atoms with Gasteiger partial charge < -0.3 is 15.2 Å². The van der Waals surface area contributed by atoms with Crippen LogP contribution in [0.2, 0.25) is 0 Å². The lowest BCUT2D eigenvalue weighted by Gasteiger charge is -2.07. The molecule has 0 spiro atoms. The van der Waals surface area contributed by atoms with Crippen LogP contribution in [0.15, 0.2) is 36.4 Å². The molecule has 0 radical (unpaired) electrons. The second-order valence-corrected chi connectivity index (χ2v) is 7.35. The van der Waals surface area contributed by atoms with E-state index in [2.05, 4.69) is 24.4 Å². The van der Waals surface area contributed by atoms with Crippen LogP contribution in [0.3, 0.4) is 0 Å². The summed E-state index contributed by atoms with van der Waals surface area (Å²) in [4.78, 5) is 22.1. The van der Waals surface area contributed by atoms with Crippen LogP contribution in [0.1, 0.15) is 94.3 Å². The molecule has 0 saturated heterocycles. The van der Waals surface area contributed by atoms with Gasteiger partial charge in [0.05, 0.1) is 6.42 Å². The van der Waals surface area contributed by atoms with Crippen molar-refractivity contribution >= 4 is 17.4 Å². The zero-order valence-corrected chi connectivity index (χ0v) is 17.4. The van der Waals surface area contributed by atoms with E-state index in [4.69, 9.17) is 0 Å². The first-order valence-corrected chi connectivity index (χ1v) is 10.9. The Morgan fingerprint density at radius 1 is 0.857 bits per heavy atom. The highest BCUT2D eigenvalue weighted by atomic mass is 16.4. The maximum atomic E-state index is 11.6. The number of carbonyl (C=O) groups excluding carboxylic acids is 2. The van der Waals surface area contributed by atoms with Crippen LogP contribution >= 0.6 is 0 Å². The zero-order valence-electron chi connectivity index (χ0n) is 17.4. The van der Waals surface area contributed by atoms with E-state index in [9.17, 15) is 14.7 Å². The minimum absolute atomic E-state index is 0.402. The number of carboxylic acid groups (broad SMARTS) is 1. The number of aliphatic carboxylic acids is 1. The Balaban J connectivity index is 2.01. The molecule has 28 heavy (non-hydrogen) atoms. The quantitative estimate of drug-likeness (QED) is 0.171. The van der Waals surface area contributed by atoms with Crippen LogP contribution < -0.4 is 10.4 Å². The first-order valence-electron chi connectivity index (χ1n) is 10.9. The van der Waals surface area contributed by atoms with E-state index in [0.29, 0.717) is 5.56 Å². The summed E-state index contributed by atoms with van der Waals surface area (Å²) in [6.45, 7) is 3.13. The van der Waals surface area contributed by atoms with Gasteiger partial charge in [0, 0.05) is 23.8 Å². The van der Waals surface area contributed by atoms with Gasteiger partial charge in [-0.2, -0.15) is 0 Å². The molecule has 4 nitrogen and oxygen atoms in total. The summed E-state index contributed by atoms with van der Waals surface area (Å²) in [6.07, 6.45) is 18.2. The average molecular weight is 387 g/mol. The number of carbonyl (C=O) groups is 2. The predicted octanol–water partition coefficient (Wildman–Crippen LogP) is 5.29. The van der Waals surface area contributed by atoms with Gasteiger partial charge in [0.1, 0.15) is 0 Å². The fourth-order valence-electron chi connectivity index (χ4n) is 3.09. The highest BCUT2D eigenvalue weighted by Gasteiger charge is 2.05. The summed E-state index contributed by atoms with van der Waals surface area (Å²) in [5.74, 6) is -1.77. The monoisotopic (exact) mass is 386 g/mol. The molecule has 1 aromatic rings. The number of carboxylic acids is 1. The molecule has 156 valence electrons. The van der Waals surface area contributed by atoms with Crippen molar-refractivity contribution in [2.24, 2.45) is 0 Å². The molecular formula is C24H36NO3-. The number of benzene rings is 1. The first kappa shape index (κ1) is 23.9. The van der Waals surface area contributed by atoms with Gasteiger partial charge in [-0.1, -0.05) is 64.0 Å². The molecule has 0 atom stereocenters. The van der Waals surface area contributed by atoms with Crippen molar-refractivity contribution in [3.63, 3.8) is 0 Å². The Morgan fingerprint density at radius 3 is 2.04 bits per heavy atom. The molecule has 0 aliphatic heterocycles. The predicted molar refractivity (Wildman–Crippen MR) is 114 cm³/mol. The minimum Gasteiger partial charge on any atom is -0.550 e. The summed E-state index contributed by atoms with van der Waals surface area (Å²) in [5, 5.41) is 13.8. The number of hydrogen-bond acceptors (Lipinski definition) is 4. The number of anilines is 1. The van der Waals surface area contributed by atoms with Crippen LogP contribution in [0, 0.1) is 0 Å². The van der Waals surface area contributed by atoms with Crippen LogP contribution in [0.5, 0.6) is 0 Å². The molecule has 0 aliphatic rings. The lowest BCUT2D eigenvalue weighted by molar-refractivity contribution is -0.304. The SMILES string of the molecule is CCCCCCCCCC/C=C/CCCNc1ccc(C(=O)CC(=O)[O-])cc1. The normalized spacial score (nSPS) is 11.0. The van der Waals surface area contributed by atoms with Crippen molar-refractivity contribution in [2.45, 2.75) is 84.0 Å². The number of hydrogen-bond donors (Lipinski definition) is 1. The third-order valence-electron chi connectivity index (χ3n) is 4.78. The van der Waals surface area contributed by atoms with Gasteiger partial charge in [-0.15, -0.1) is 0 Å². The smallest absolute Gasteiger partial charge is 0.168 e. The summed E-state index contributed by atoms with van der Waals surface area (Å²) in [6, 6.07) is 6.91. The molecule has 1 N–H and O–H groups in total. The summed E-state index contributed by atoms with van der Waals surface area (Å²) >= 11 is 0. The van der Waals surface area contributed by atoms with Gasteiger partial charge in [-0.25, -0.2) is 0 Å². The number of nitrogens with one attached hydrogen (secondary N) is 1. The van der Waals surface area contributed by atoms with Crippen LogP contribution in [0.25, 0.3) is 0 Å². The molecule has 1 rings (SSSR count). The molecule has 1 aromatic carbocycles. The molecule has 4 heteroatoms. The van der Waals surface area contributed by atoms with Gasteiger partial charge in [-0.3, -0.25) is 4.79 Å². The van der Waals surface area contributed by atoms with Crippen molar-refractivity contribution in [2.75, 3.05) is 11.9 Å². The second kappa shape index (κ2) is 15.9. The molecule has 0 unspecified atom stereocenters. The highest BCUT2D eigenvalue weighted by Crippen LogP contribution is 2.12. The zero-order chi connectivity index (χ0) is 20.5. The van der Waals surface area contributed by atoms with Gasteiger partial charge in [0.25, 0.3) is 0 Å². The summed E-state index contributed by atoms with van der Waals surface area (Å²) < 4.78 is 0. The molecule has 0 bridgehead atoms. The number of rotatable bonds is 17. The van der Waals surface area contributed by atoms with Crippen molar-refractivity contribution in [3.8, 4) is 0 Å². The van der Waals surface area contributed by atoms with E-state index in [1.807, 2.05) is 0 Å². The molecule has 0 saturated carbocycles. The number of Topliss-reactive ketones (excluding diaryl/α,β-unsaturated/α-hetero) is 1. The third kappa shape index (κ3) is 12.3. The Kier molecular flexibility index (Phi) is 13.6. The van der Waals surface area contributed by atoms with Crippen molar-refractivity contribution in [1.82, 2.24) is 0 Å². The highest BCUT2D eigenvalue weighted by molar-refractivity contribution is 6.05. The van der Waals surface area contributed by atoms with Gasteiger partial charge >= 0.3 is 0 Å². The Bertz CT molecular complexity index is 578. The summed E-state index contributed by atoms with van der Waals surface area (Å²) in [5.41, 5.74) is 1.34. The fourth-order valence-corrected chi connectivity index (χ4v) is 3.09. The van der Waals surface area contributed by atoms with E-state index in [0.717, 1.165) is 25.1 Å². The molecule has 0 fully saturated rings. The molecule has 0 aromatic heterocycles. The van der Waals surface area contributed by atoms with Crippen molar-refractivity contribution < 1.29 is 14.7 Å². The van der Waals surface area contributed by atoms with E-state index < -0.39 is 18.2 Å². The minimum atomic E-state index is -1.34. The van der Waals surface area contributed by atoms with Crippen molar-refractivity contribution in [3.05, 3.63) is 42.0 Å². The van der Waals surface area contributed by atoms with Gasteiger partial charge in [-0.05, 0) is 49.9 Å². The van der Waals surface area contributed by atoms with E-state index in [1.54, 1.807) is 24.3 Å². The Morgan fingerprint density at radius 2 is 1.43 bits per heavy atom. The van der Waals surface area contributed by atoms with Gasteiger partial charge in [0.2, 0.25) is 0 Å². The molecular weight excluding hydrogens is 350 g/mol. The maximum absolute atomic E-state index is 11.6. The topological polar surface area (TPSA) is 69.2 Å². The standard InChI is InChI=1S/C24H37NO3/c1-2-3-4-5-6-7-8-9-10-11-12-13-14-19-25-22-17-15-21(16-18-22)23(26)20-24(27)28/h11-12,15-18,25H,2-10,13-14,19-20H2,1H3,(H,27,28)/p-1/b12-11+. The number of allylic oxidation sites excluding steroid dienone is 2. The molecule has 0 aliphatic carbocycles. The third-order valence-corrected chi connectivity index (χ3v) is 4.78. The lowest BCUT2D eigenvalue weighted by atomic mass is 10.1. The fraction of sp³-hybridized carbons (Fsp3) is 0.583. The van der Waals surface area contributed by atoms with E-state index >= 15 is 0 Å². The number of unbranched alkanes of at least 4 members (excludes halogenated alkanes) is 9. The van der Waals surface area contributed by atoms with Crippen LogP contribution in [-0.2, 0) is 4.79 Å². The second-order valence-electron chi connectivity index (χ2n) is 7.35. The van der Waals surface area contributed by atoms with E-state index in [-0.39, 0.29) is 0 Å². The molecule has 0 amide bonds. The van der Waals surface area contributed by atoms with Crippen LogP contribution in [-0.4, -0.2) is 18.3 Å². The summed E-state index contributed by atoms with van der Waals surface area (Å²) in [7, 11) is 0. The first-order chi connectivity index (χ1) is 13.6. The van der Waals surface area contributed by atoms with Gasteiger partial charge in [0.15, 0.2) is 5.78 Å². The van der Waals surface area contributed by atoms with Crippen LogP contribution in [0.4, 0.5) is 5.69 Å². The average Bonchev–Trinajstić information content (AvgIpc) is 2.68. The number of ketones is 1. The Labute approximate surface area is 170 Å². The van der Waals surface area contributed by atoms with E-state index in [1.165, 1.54) is 57.8 Å². The van der Waals surface area contributed by atoms with Crippen molar-refractivity contribution in [1.29, 1.82) is 0 Å². The Hall–Kier alpha value is -2.10. The lowest BCUT2D eigenvalue weighted by Crippen LogP contribution is -2.25. The largest absolute Gasteiger partial charge is 0.550 e.